The van der Waals surface area contributed by atoms with Crippen molar-refractivity contribution < 1.29 is 23.9 Å². The van der Waals surface area contributed by atoms with Crippen molar-refractivity contribution in [1.82, 2.24) is 10.2 Å². The Morgan fingerprint density at radius 3 is 2.36 bits per heavy atom. The second-order valence-electron chi connectivity index (χ2n) is 9.68. The van der Waals surface area contributed by atoms with Crippen LogP contribution in [0.25, 0.3) is 0 Å². The minimum absolute atomic E-state index is 0.161. The van der Waals surface area contributed by atoms with E-state index in [1.165, 1.54) is 7.11 Å². The molecule has 0 saturated carbocycles. The summed E-state index contributed by atoms with van der Waals surface area (Å²) in [5.41, 5.74) is 0.911. The van der Waals surface area contributed by atoms with E-state index in [-0.39, 0.29) is 12.0 Å². The Balaban J connectivity index is 2.25. The van der Waals surface area contributed by atoms with Gasteiger partial charge in [0.2, 0.25) is 5.91 Å². The van der Waals surface area contributed by atoms with E-state index >= 15 is 0 Å². The summed E-state index contributed by atoms with van der Waals surface area (Å²) in [5, 5.41) is 2.97. The summed E-state index contributed by atoms with van der Waals surface area (Å²) >= 11 is 1.61. The summed E-state index contributed by atoms with van der Waals surface area (Å²) in [5.74, 6) is 0.137. The number of carbonyl (C=O) groups is 3. The van der Waals surface area contributed by atoms with Crippen molar-refractivity contribution in [2.75, 3.05) is 32.2 Å². The van der Waals surface area contributed by atoms with Crippen LogP contribution in [0.5, 0.6) is 0 Å². The van der Waals surface area contributed by atoms with Crippen LogP contribution in [0.3, 0.4) is 0 Å². The number of likely N-dealkylation sites (tertiary alicyclic amines) is 1. The number of methoxy groups -OCH3 is 1. The number of hydrogen-bond donors (Lipinski definition) is 1. The Labute approximate surface area is 202 Å². The number of aryl methyl sites for hydroxylation is 1. The Hall–Kier alpha value is -2.22. The Morgan fingerprint density at radius 2 is 1.82 bits per heavy atom. The van der Waals surface area contributed by atoms with Gasteiger partial charge < -0.3 is 19.7 Å². The number of thioether (sulfide) groups is 1. The number of amides is 2. The standard InChI is InChI=1S/C25H38N2O5S/c1-18-9-7-8-10-19(18)17-25(22(29)26-20(11-16-33-6)21(28)31-5)12-14-27(15-13-25)23(30)32-24(2,3)4/h7-10,20H,11-17H2,1-6H3,(H,26,29)/t20-/m0/s1. The van der Waals surface area contributed by atoms with Crippen molar-refractivity contribution in [2.45, 2.75) is 65.0 Å². The molecule has 1 atom stereocenters. The zero-order valence-electron chi connectivity index (χ0n) is 20.7. The number of piperidine rings is 1. The van der Waals surface area contributed by atoms with Crippen LogP contribution in [0.4, 0.5) is 4.79 Å². The van der Waals surface area contributed by atoms with E-state index < -0.39 is 23.0 Å². The largest absolute Gasteiger partial charge is 0.467 e. The van der Waals surface area contributed by atoms with E-state index in [4.69, 9.17) is 9.47 Å². The molecule has 0 aliphatic carbocycles. The van der Waals surface area contributed by atoms with Gasteiger partial charge in [0.1, 0.15) is 11.6 Å². The van der Waals surface area contributed by atoms with Crippen molar-refractivity contribution in [2.24, 2.45) is 5.41 Å². The van der Waals surface area contributed by atoms with E-state index in [0.717, 1.165) is 16.9 Å². The number of carbonyl (C=O) groups excluding carboxylic acids is 3. The monoisotopic (exact) mass is 478 g/mol. The SMILES string of the molecule is COC(=O)[C@H](CCSC)NC(=O)C1(Cc2ccccc2C)CCN(C(=O)OC(C)(C)C)CC1. The molecule has 1 aliphatic rings. The van der Waals surface area contributed by atoms with Crippen LogP contribution in [0.1, 0.15) is 51.2 Å². The predicted molar refractivity (Wildman–Crippen MR) is 131 cm³/mol. The highest BCUT2D eigenvalue weighted by molar-refractivity contribution is 7.98. The van der Waals surface area contributed by atoms with Gasteiger partial charge in [0.25, 0.3) is 0 Å². The smallest absolute Gasteiger partial charge is 0.410 e. The molecule has 0 bridgehead atoms. The first-order valence-corrected chi connectivity index (χ1v) is 12.8. The maximum atomic E-state index is 13.7. The molecule has 1 N–H and O–H groups in total. The van der Waals surface area contributed by atoms with E-state index in [0.29, 0.717) is 38.8 Å². The number of benzene rings is 1. The minimum atomic E-state index is -0.726. The molecule has 1 aromatic rings. The van der Waals surface area contributed by atoms with Crippen molar-refractivity contribution in [3.05, 3.63) is 35.4 Å². The van der Waals surface area contributed by atoms with Gasteiger partial charge in [-0.15, -0.1) is 0 Å². The van der Waals surface area contributed by atoms with Crippen molar-refractivity contribution in [1.29, 1.82) is 0 Å². The third kappa shape index (κ3) is 7.66. The summed E-state index contributed by atoms with van der Waals surface area (Å²) < 4.78 is 10.5. The summed E-state index contributed by atoms with van der Waals surface area (Å²) in [6, 6.07) is 7.33. The zero-order valence-corrected chi connectivity index (χ0v) is 21.5. The molecule has 8 heteroatoms. The normalized spacial score (nSPS) is 16.6. The highest BCUT2D eigenvalue weighted by atomic mass is 32.2. The summed E-state index contributed by atoms with van der Waals surface area (Å²) in [6.07, 6.45) is 3.63. The van der Waals surface area contributed by atoms with Crippen LogP contribution >= 0.6 is 11.8 Å². The summed E-state index contributed by atoms with van der Waals surface area (Å²) in [4.78, 5) is 40.2. The van der Waals surface area contributed by atoms with Crippen LogP contribution in [0, 0.1) is 12.3 Å². The van der Waals surface area contributed by atoms with Crippen LogP contribution < -0.4 is 5.32 Å². The van der Waals surface area contributed by atoms with E-state index in [2.05, 4.69) is 5.32 Å². The first kappa shape index (κ1) is 27.0. The van der Waals surface area contributed by atoms with Gasteiger partial charge in [-0.3, -0.25) is 4.79 Å². The Morgan fingerprint density at radius 1 is 1.18 bits per heavy atom. The molecule has 1 fully saturated rings. The molecular weight excluding hydrogens is 440 g/mol. The van der Waals surface area contributed by atoms with Gasteiger partial charge in [-0.25, -0.2) is 9.59 Å². The first-order chi connectivity index (χ1) is 15.5. The first-order valence-electron chi connectivity index (χ1n) is 11.4. The lowest BCUT2D eigenvalue weighted by molar-refractivity contribution is -0.147. The van der Waals surface area contributed by atoms with E-state index in [1.54, 1.807) is 16.7 Å². The maximum Gasteiger partial charge on any atom is 0.410 e. The van der Waals surface area contributed by atoms with Crippen LogP contribution in [0.15, 0.2) is 24.3 Å². The fourth-order valence-electron chi connectivity index (χ4n) is 4.04. The molecule has 1 heterocycles. The third-order valence-corrected chi connectivity index (χ3v) is 6.69. The summed E-state index contributed by atoms with van der Waals surface area (Å²) in [6.45, 7) is 8.39. The molecule has 0 unspecified atom stereocenters. The zero-order chi connectivity index (χ0) is 24.6. The molecule has 0 aromatic heterocycles. The lowest BCUT2D eigenvalue weighted by Crippen LogP contribution is -2.55. The number of nitrogens with one attached hydrogen (secondary N) is 1. The lowest BCUT2D eigenvalue weighted by Gasteiger charge is -2.41. The van der Waals surface area contributed by atoms with Crippen LogP contribution in [-0.2, 0) is 25.5 Å². The molecule has 1 aromatic carbocycles. The predicted octanol–water partition coefficient (Wildman–Crippen LogP) is 3.97. The third-order valence-electron chi connectivity index (χ3n) is 6.05. The van der Waals surface area contributed by atoms with Gasteiger partial charge in [-0.05, 0) is 76.5 Å². The average Bonchev–Trinajstić information content (AvgIpc) is 2.76. The fourth-order valence-corrected chi connectivity index (χ4v) is 4.51. The number of rotatable bonds is 8. The molecule has 7 nitrogen and oxygen atoms in total. The number of nitrogens with zero attached hydrogens (tertiary/aromatic N) is 1. The van der Waals surface area contributed by atoms with Gasteiger partial charge in [-0.2, -0.15) is 11.8 Å². The quantitative estimate of drug-likeness (QED) is 0.569. The molecule has 184 valence electrons. The van der Waals surface area contributed by atoms with Gasteiger partial charge in [-0.1, -0.05) is 24.3 Å². The van der Waals surface area contributed by atoms with E-state index in [9.17, 15) is 14.4 Å². The minimum Gasteiger partial charge on any atom is -0.467 e. The second kappa shape index (κ2) is 11.8. The lowest BCUT2D eigenvalue weighted by atomic mass is 9.72. The molecule has 0 radical (unpaired) electrons. The average molecular weight is 479 g/mol. The van der Waals surface area contributed by atoms with Crippen molar-refractivity contribution in [3.63, 3.8) is 0 Å². The van der Waals surface area contributed by atoms with Gasteiger partial charge in [0.05, 0.1) is 12.5 Å². The molecule has 1 saturated heterocycles. The summed E-state index contributed by atoms with van der Waals surface area (Å²) in [7, 11) is 1.34. The van der Waals surface area contributed by atoms with Gasteiger partial charge in [0, 0.05) is 13.1 Å². The molecule has 0 spiro atoms. The second-order valence-corrected chi connectivity index (χ2v) is 10.7. The van der Waals surface area contributed by atoms with Crippen molar-refractivity contribution >= 4 is 29.7 Å². The van der Waals surface area contributed by atoms with Gasteiger partial charge >= 0.3 is 12.1 Å². The molecule has 1 aliphatic heterocycles. The van der Waals surface area contributed by atoms with Gasteiger partial charge in [0.15, 0.2) is 0 Å². The number of ether oxygens (including phenoxy) is 2. The molecule has 33 heavy (non-hydrogen) atoms. The van der Waals surface area contributed by atoms with E-state index in [1.807, 2.05) is 58.2 Å². The maximum absolute atomic E-state index is 13.7. The number of hydrogen-bond acceptors (Lipinski definition) is 6. The highest BCUT2D eigenvalue weighted by Crippen LogP contribution is 2.37. The Bertz CT molecular complexity index is 828. The van der Waals surface area contributed by atoms with Crippen LogP contribution in [-0.4, -0.2) is 66.7 Å². The van der Waals surface area contributed by atoms with Crippen LogP contribution in [0.2, 0.25) is 0 Å². The number of esters is 1. The molecule has 2 rings (SSSR count). The molecular formula is C25H38N2O5S. The van der Waals surface area contributed by atoms with Crippen molar-refractivity contribution in [3.8, 4) is 0 Å². The fraction of sp³-hybridized carbons (Fsp3) is 0.640. The highest BCUT2D eigenvalue weighted by Gasteiger charge is 2.44. The molecule has 2 amide bonds. The Kier molecular flexibility index (Phi) is 9.64. The topological polar surface area (TPSA) is 84.9 Å².